The zero-order valence-electron chi connectivity index (χ0n) is 14.0. The van der Waals surface area contributed by atoms with Crippen molar-refractivity contribution in [2.45, 2.75) is 51.1 Å². The molecular formula is C17H24N4OS. The van der Waals surface area contributed by atoms with Gasteiger partial charge < -0.3 is 10.3 Å². The Bertz CT molecular complexity index is 666. The maximum absolute atomic E-state index is 11.0. The topological polar surface area (TPSA) is 73.8 Å². The van der Waals surface area contributed by atoms with E-state index in [2.05, 4.69) is 59.8 Å². The maximum atomic E-state index is 11.0. The van der Waals surface area contributed by atoms with Crippen molar-refractivity contribution in [2.24, 2.45) is 11.7 Å². The molecule has 0 aliphatic carbocycles. The average molecular weight is 332 g/mol. The summed E-state index contributed by atoms with van der Waals surface area (Å²) >= 11 is 1.68. The lowest BCUT2D eigenvalue weighted by Crippen LogP contribution is -2.15. The van der Waals surface area contributed by atoms with Gasteiger partial charge in [0.2, 0.25) is 5.91 Å². The van der Waals surface area contributed by atoms with Gasteiger partial charge in [-0.05, 0) is 18.4 Å². The van der Waals surface area contributed by atoms with Gasteiger partial charge in [-0.3, -0.25) is 4.79 Å². The number of carbonyl (C=O) groups is 1. The highest BCUT2D eigenvalue weighted by atomic mass is 32.2. The molecule has 0 unspecified atom stereocenters. The minimum Gasteiger partial charge on any atom is -0.370 e. The molecule has 6 heteroatoms. The summed E-state index contributed by atoms with van der Waals surface area (Å²) in [5, 5.41) is 9.47. The van der Waals surface area contributed by atoms with Crippen LogP contribution in [0.1, 0.15) is 37.2 Å². The molecule has 0 aliphatic rings. The fourth-order valence-corrected chi connectivity index (χ4v) is 3.25. The van der Waals surface area contributed by atoms with E-state index in [1.54, 1.807) is 11.8 Å². The Morgan fingerprint density at radius 1 is 1.35 bits per heavy atom. The van der Waals surface area contributed by atoms with Crippen LogP contribution in [-0.2, 0) is 23.5 Å². The summed E-state index contributed by atoms with van der Waals surface area (Å²) in [7, 11) is 0. The zero-order valence-corrected chi connectivity index (χ0v) is 14.8. The van der Waals surface area contributed by atoms with Crippen molar-refractivity contribution in [1.29, 1.82) is 0 Å². The van der Waals surface area contributed by atoms with Crippen LogP contribution in [0.4, 0.5) is 0 Å². The van der Waals surface area contributed by atoms with Crippen molar-refractivity contribution in [3.05, 3.63) is 41.2 Å². The Labute approximate surface area is 141 Å². The predicted octanol–water partition coefficient (Wildman–Crippen LogP) is 2.95. The molecular weight excluding hydrogens is 308 g/mol. The molecule has 0 atom stereocenters. The number of nitrogens with zero attached hydrogens (tertiary/aromatic N) is 3. The van der Waals surface area contributed by atoms with Crippen LogP contribution in [0.5, 0.6) is 0 Å². The third kappa shape index (κ3) is 5.39. The fourth-order valence-electron chi connectivity index (χ4n) is 2.34. The lowest BCUT2D eigenvalue weighted by atomic mass is 10.2. The molecule has 0 aliphatic heterocycles. The Kier molecular flexibility index (Phi) is 6.21. The molecule has 1 amide bonds. The molecule has 124 valence electrons. The second-order valence-electron chi connectivity index (χ2n) is 6.15. The highest BCUT2D eigenvalue weighted by Crippen LogP contribution is 2.23. The fraction of sp³-hybridized carbons (Fsp3) is 0.471. The van der Waals surface area contributed by atoms with Crippen LogP contribution < -0.4 is 5.73 Å². The van der Waals surface area contributed by atoms with E-state index in [0.717, 1.165) is 23.3 Å². The molecule has 0 bridgehead atoms. The van der Waals surface area contributed by atoms with Gasteiger partial charge in [-0.15, -0.1) is 10.2 Å². The number of carbonyl (C=O) groups excluding carboxylic acids is 1. The first-order chi connectivity index (χ1) is 11.0. The predicted molar refractivity (Wildman–Crippen MR) is 93.1 cm³/mol. The van der Waals surface area contributed by atoms with Crippen LogP contribution in [0.3, 0.4) is 0 Å². The number of primary amides is 1. The molecule has 2 rings (SSSR count). The van der Waals surface area contributed by atoms with E-state index in [1.165, 1.54) is 11.1 Å². The summed E-state index contributed by atoms with van der Waals surface area (Å²) in [6.07, 6.45) is 0.846. The van der Waals surface area contributed by atoms with Crippen molar-refractivity contribution in [2.75, 3.05) is 0 Å². The first-order valence-corrected chi connectivity index (χ1v) is 8.83. The number of rotatable bonds is 8. The van der Waals surface area contributed by atoms with Gasteiger partial charge in [0.1, 0.15) is 5.82 Å². The number of aryl methyl sites for hydroxylation is 2. The molecule has 0 fully saturated rings. The lowest BCUT2D eigenvalue weighted by molar-refractivity contribution is -0.118. The van der Waals surface area contributed by atoms with Gasteiger partial charge in [0.25, 0.3) is 0 Å². The van der Waals surface area contributed by atoms with Gasteiger partial charge in [0, 0.05) is 25.1 Å². The van der Waals surface area contributed by atoms with Gasteiger partial charge in [-0.25, -0.2) is 0 Å². The summed E-state index contributed by atoms with van der Waals surface area (Å²) in [5.74, 6) is 1.87. The summed E-state index contributed by atoms with van der Waals surface area (Å²) in [6, 6.07) is 8.47. The zero-order chi connectivity index (χ0) is 16.8. The van der Waals surface area contributed by atoms with Crippen LogP contribution in [0.25, 0.3) is 0 Å². The van der Waals surface area contributed by atoms with Crippen LogP contribution in [0, 0.1) is 12.8 Å². The minimum absolute atomic E-state index is 0.304. The molecule has 2 aromatic rings. The Morgan fingerprint density at radius 2 is 2.13 bits per heavy atom. The highest BCUT2D eigenvalue weighted by Gasteiger charge is 2.14. The van der Waals surface area contributed by atoms with Crippen LogP contribution in [-0.4, -0.2) is 20.7 Å². The number of nitrogens with two attached hydrogens (primary N) is 1. The molecule has 0 radical (unpaired) electrons. The SMILES string of the molecule is Cc1cccc(CSc2nnc(CCC(N)=O)n2CC(C)C)c1. The van der Waals surface area contributed by atoms with Gasteiger partial charge >= 0.3 is 0 Å². The number of hydrogen-bond donors (Lipinski definition) is 1. The number of thioether (sulfide) groups is 1. The number of aromatic nitrogens is 3. The van der Waals surface area contributed by atoms with Crippen LogP contribution >= 0.6 is 11.8 Å². The second kappa shape index (κ2) is 8.15. The van der Waals surface area contributed by atoms with E-state index in [1.807, 2.05) is 0 Å². The minimum atomic E-state index is -0.307. The van der Waals surface area contributed by atoms with E-state index in [-0.39, 0.29) is 5.91 Å². The molecule has 5 nitrogen and oxygen atoms in total. The van der Waals surface area contributed by atoms with Crippen molar-refractivity contribution in [3.63, 3.8) is 0 Å². The van der Waals surface area contributed by atoms with Gasteiger partial charge in [-0.1, -0.05) is 55.4 Å². The second-order valence-corrected chi connectivity index (χ2v) is 7.09. The summed E-state index contributed by atoms with van der Waals surface area (Å²) in [4.78, 5) is 11.0. The monoisotopic (exact) mass is 332 g/mol. The molecule has 0 saturated carbocycles. The standard InChI is InChI=1S/C17H24N4OS/c1-12(2)10-21-16(8-7-15(18)22)19-20-17(21)23-11-14-6-4-5-13(3)9-14/h4-6,9,12H,7-8,10-11H2,1-3H3,(H2,18,22). The normalized spacial score (nSPS) is 11.1. The number of hydrogen-bond acceptors (Lipinski definition) is 4. The average Bonchev–Trinajstić information content (AvgIpc) is 2.84. The first-order valence-electron chi connectivity index (χ1n) is 7.84. The molecule has 1 heterocycles. The van der Waals surface area contributed by atoms with Gasteiger partial charge in [0.05, 0.1) is 0 Å². The Hall–Kier alpha value is -1.82. The summed E-state index contributed by atoms with van der Waals surface area (Å²) < 4.78 is 2.12. The van der Waals surface area contributed by atoms with Crippen molar-refractivity contribution in [3.8, 4) is 0 Å². The van der Waals surface area contributed by atoms with E-state index in [4.69, 9.17) is 5.73 Å². The Morgan fingerprint density at radius 3 is 2.78 bits per heavy atom. The maximum Gasteiger partial charge on any atom is 0.217 e. The van der Waals surface area contributed by atoms with E-state index in [0.29, 0.717) is 18.8 Å². The van der Waals surface area contributed by atoms with Crippen LogP contribution in [0.2, 0.25) is 0 Å². The van der Waals surface area contributed by atoms with Crippen molar-refractivity contribution in [1.82, 2.24) is 14.8 Å². The Balaban J connectivity index is 2.11. The summed E-state index contributed by atoms with van der Waals surface area (Å²) in [6.45, 7) is 7.26. The molecule has 1 aromatic carbocycles. The number of benzene rings is 1. The molecule has 1 aromatic heterocycles. The molecule has 23 heavy (non-hydrogen) atoms. The van der Waals surface area contributed by atoms with E-state index < -0.39 is 0 Å². The molecule has 0 saturated heterocycles. The van der Waals surface area contributed by atoms with Crippen LogP contribution in [0.15, 0.2) is 29.4 Å². The van der Waals surface area contributed by atoms with Crippen molar-refractivity contribution < 1.29 is 4.79 Å². The van der Waals surface area contributed by atoms with E-state index >= 15 is 0 Å². The molecule has 0 spiro atoms. The largest absolute Gasteiger partial charge is 0.370 e. The summed E-state index contributed by atoms with van der Waals surface area (Å²) in [5.41, 5.74) is 7.77. The third-order valence-corrected chi connectivity index (χ3v) is 4.42. The van der Waals surface area contributed by atoms with Gasteiger partial charge in [0.15, 0.2) is 5.16 Å². The number of amides is 1. The highest BCUT2D eigenvalue weighted by molar-refractivity contribution is 7.98. The lowest BCUT2D eigenvalue weighted by Gasteiger charge is -2.12. The third-order valence-electron chi connectivity index (χ3n) is 3.39. The first kappa shape index (κ1) is 17.5. The molecule has 2 N–H and O–H groups in total. The van der Waals surface area contributed by atoms with Gasteiger partial charge in [-0.2, -0.15) is 0 Å². The quantitative estimate of drug-likeness (QED) is 0.754. The van der Waals surface area contributed by atoms with E-state index in [9.17, 15) is 4.79 Å². The smallest absolute Gasteiger partial charge is 0.217 e. The van der Waals surface area contributed by atoms with Crippen molar-refractivity contribution >= 4 is 17.7 Å².